The fraction of sp³-hybridized carbons (Fsp3) is 0.400. The monoisotopic (exact) mass is 399 g/mol. The molecule has 0 saturated carbocycles. The molecule has 1 aromatic carbocycles. The number of halogens is 2. The van der Waals surface area contributed by atoms with Gasteiger partial charge in [0.25, 0.3) is 0 Å². The van der Waals surface area contributed by atoms with Crippen LogP contribution in [0.5, 0.6) is 0 Å². The van der Waals surface area contributed by atoms with Crippen LogP contribution in [0.15, 0.2) is 33.2 Å². The van der Waals surface area contributed by atoms with Crippen molar-refractivity contribution < 1.29 is 0 Å². The highest BCUT2D eigenvalue weighted by atomic mass is 79.9. The molecule has 0 fully saturated rings. The molecule has 3 nitrogen and oxygen atoms in total. The van der Waals surface area contributed by atoms with Gasteiger partial charge in [0.15, 0.2) is 0 Å². The first-order chi connectivity index (χ1) is 9.52. The molecule has 2 rings (SSSR count). The molecule has 0 unspecified atom stereocenters. The van der Waals surface area contributed by atoms with Gasteiger partial charge in [-0.1, -0.05) is 35.0 Å². The molecule has 1 atom stereocenters. The summed E-state index contributed by atoms with van der Waals surface area (Å²) in [4.78, 5) is 0. The summed E-state index contributed by atoms with van der Waals surface area (Å²) in [6, 6.07) is 8.72. The Morgan fingerprint density at radius 3 is 2.45 bits per heavy atom. The second-order valence-corrected chi connectivity index (χ2v) is 6.55. The third kappa shape index (κ3) is 3.51. The standard InChI is InChI=1S/C15H19Br2N3/c1-4-13-15(17)14(20(3)19-13)9-18-10(2)11-5-7-12(16)8-6-11/h5-8,10,18H,4,9H2,1-3H3/t10-/m0/s1. The fourth-order valence-electron chi connectivity index (χ4n) is 2.13. The van der Waals surface area contributed by atoms with E-state index in [1.54, 1.807) is 0 Å². The van der Waals surface area contributed by atoms with Crippen LogP contribution in [-0.2, 0) is 20.0 Å². The van der Waals surface area contributed by atoms with Crippen molar-refractivity contribution in [2.24, 2.45) is 7.05 Å². The molecule has 5 heteroatoms. The number of nitrogens with zero attached hydrogens (tertiary/aromatic N) is 2. The molecule has 0 aliphatic carbocycles. The van der Waals surface area contributed by atoms with Gasteiger partial charge < -0.3 is 5.32 Å². The Morgan fingerprint density at radius 1 is 1.25 bits per heavy atom. The minimum absolute atomic E-state index is 0.301. The van der Waals surface area contributed by atoms with Crippen LogP contribution < -0.4 is 5.32 Å². The maximum Gasteiger partial charge on any atom is 0.0767 e. The Balaban J connectivity index is 2.05. The minimum atomic E-state index is 0.301. The van der Waals surface area contributed by atoms with E-state index in [2.05, 4.69) is 80.4 Å². The first kappa shape index (κ1) is 15.7. The molecule has 0 aliphatic rings. The SMILES string of the molecule is CCc1nn(C)c(CN[C@@H](C)c2ccc(Br)cc2)c1Br. The second kappa shape index (κ2) is 6.87. The lowest BCUT2D eigenvalue weighted by molar-refractivity contribution is 0.546. The first-order valence-corrected chi connectivity index (χ1v) is 8.30. The van der Waals surface area contributed by atoms with E-state index >= 15 is 0 Å². The predicted molar refractivity (Wildman–Crippen MR) is 89.7 cm³/mol. The molecule has 1 N–H and O–H groups in total. The van der Waals surface area contributed by atoms with Gasteiger partial charge >= 0.3 is 0 Å². The number of benzene rings is 1. The van der Waals surface area contributed by atoms with Crippen LogP contribution in [0.4, 0.5) is 0 Å². The molecule has 0 radical (unpaired) electrons. The summed E-state index contributed by atoms with van der Waals surface area (Å²) in [6.45, 7) is 5.09. The fourth-order valence-corrected chi connectivity index (χ4v) is 3.15. The van der Waals surface area contributed by atoms with Crippen LogP contribution in [0.25, 0.3) is 0 Å². The number of nitrogens with one attached hydrogen (secondary N) is 1. The molecule has 2 aromatic rings. The summed E-state index contributed by atoms with van der Waals surface area (Å²) in [7, 11) is 1.99. The zero-order chi connectivity index (χ0) is 14.7. The van der Waals surface area contributed by atoms with E-state index in [0.717, 1.165) is 27.6 Å². The van der Waals surface area contributed by atoms with Gasteiger partial charge in [0.2, 0.25) is 0 Å². The van der Waals surface area contributed by atoms with Crippen LogP contribution in [0.1, 0.15) is 36.8 Å². The molecule has 0 aliphatic heterocycles. The van der Waals surface area contributed by atoms with E-state index in [1.165, 1.54) is 11.3 Å². The minimum Gasteiger partial charge on any atom is -0.305 e. The Morgan fingerprint density at radius 2 is 1.90 bits per heavy atom. The Kier molecular flexibility index (Phi) is 5.41. The number of hydrogen-bond acceptors (Lipinski definition) is 2. The molecule has 0 spiro atoms. The van der Waals surface area contributed by atoms with Crippen LogP contribution in [-0.4, -0.2) is 9.78 Å². The summed E-state index contributed by atoms with van der Waals surface area (Å²) >= 11 is 7.11. The van der Waals surface area contributed by atoms with E-state index in [1.807, 2.05) is 11.7 Å². The molecule has 1 aromatic heterocycles. The number of rotatable bonds is 5. The molecule has 0 amide bonds. The van der Waals surface area contributed by atoms with E-state index in [4.69, 9.17) is 0 Å². The summed E-state index contributed by atoms with van der Waals surface area (Å²) in [6.07, 6.45) is 0.941. The van der Waals surface area contributed by atoms with Gasteiger partial charge in [0, 0.05) is 24.1 Å². The molecule has 1 heterocycles. The highest BCUT2D eigenvalue weighted by Gasteiger charge is 2.13. The molecule has 0 bridgehead atoms. The zero-order valence-electron chi connectivity index (χ0n) is 12.0. The van der Waals surface area contributed by atoms with E-state index < -0.39 is 0 Å². The molecule has 20 heavy (non-hydrogen) atoms. The van der Waals surface area contributed by atoms with Gasteiger partial charge in [-0.05, 0) is 47.0 Å². The molecule has 108 valence electrons. The zero-order valence-corrected chi connectivity index (χ0v) is 15.1. The van der Waals surface area contributed by atoms with Crippen molar-refractivity contribution in [3.63, 3.8) is 0 Å². The average Bonchev–Trinajstić information content (AvgIpc) is 2.71. The second-order valence-electron chi connectivity index (χ2n) is 4.84. The summed E-state index contributed by atoms with van der Waals surface area (Å²) < 4.78 is 4.18. The van der Waals surface area contributed by atoms with Crippen LogP contribution in [0, 0.1) is 0 Å². The summed E-state index contributed by atoms with van der Waals surface area (Å²) in [5, 5.41) is 8.06. The van der Waals surface area contributed by atoms with Gasteiger partial charge in [0.05, 0.1) is 15.9 Å². The maximum absolute atomic E-state index is 4.51. The van der Waals surface area contributed by atoms with E-state index in [9.17, 15) is 0 Å². The predicted octanol–water partition coefficient (Wildman–Crippen LogP) is 4.36. The van der Waals surface area contributed by atoms with Crippen LogP contribution in [0.2, 0.25) is 0 Å². The van der Waals surface area contributed by atoms with Crippen molar-refractivity contribution in [2.45, 2.75) is 32.9 Å². The Bertz CT molecular complexity index is 576. The lowest BCUT2D eigenvalue weighted by Gasteiger charge is -2.14. The first-order valence-electron chi connectivity index (χ1n) is 6.72. The molecule has 0 saturated heterocycles. The molecular weight excluding hydrogens is 382 g/mol. The van der Waals surface area contributed by atoms with Crippen molar-refractivity contribution in [1.82, 2.24) is 15.1 Å². The quantitative estimate of drug-likeness (QED) is 0.807. The van der Waals surface area contributed by atoms with Crippen molar-refractivity contribution >= 4 is 31.9 Å². The Labute approximate surface area is 137 Å². The van der Waals surface area contributed by atoms with Gasteiger partial charge in [-0.25, -0.2) is 0 Å². The van der Waals surface area contributed by atoms with Crippen molar-refractivity contribution in [2.75, 3.05) is 0 Å². The third-order valence-electron chi connectivity index (χ3n) is 3.45. The lowest BCUT2D eigenvalue weighted by Crippen LogP contribution is -2.20. The van der Waals surface area contributed by atoms with Crippen LogP contribution in [0.3, 0.4) is 0 Å². The summed E-state index contributed by atoms with van der Waals surface area (Å²) in [5.74, 6) is 0. The van der Waals surface area contributed by atoms with Gasteiger partial charge in [-0.3, -0.25) is 4.68 Å². The Hall–Kier alpha value is -0.650. The van der Waals surface area contributed by atoms with Gasteiger partial charge in [0.1, 0.15) is 0 Å². The lowest BCUT2D eigenvalue weighted by atomic mass is 10.1. The van der Waals surface area contributed by atoms with Gasteiger partial charge in [-0.2, -0.15) is 5.10 Å². The maximum atomic E-state index is 4.51. The van der Waals surface area contributed by atoms with Crippen molar-refractivity contribution in [3.8, 4) is 0 Å². The summed E-state index contributed by atoms with van der Waals surface area (Å²) in [5.41, 5.74) is 3.58. The largest absolute Gasteiger partial charge is 0.305 e. The topological polar surface area (TPSA) is 29.9 Å². The number of hydrogen-bond donors (Lipinski definition) is 1. The van der Waals surface area contributed by atoms with E-state index in [-0.39, 0.29) is 0 Å². The van der Waals surface area contributed by atoms with Crippen molar-refractivity contribution in [1.29, 1.82) is 0 Å². The van der Waals surface area contributed by atoms with Crippen LogP contribution >= 0.6 is 31.9 Å². The smallest absolute Gasteiger partial charge is 0.0767 e. The van der Waals surface area contributed by atoms with Crippen molar-refractivity contribution in [3.05, 3.63) is 50.2 Å². The molecular formula is C15H19Br2N3. The number of aromatic nitrogens is 2. The highest BCUT2D eigenvalue weighted by molar-refractivity contribution is 9.10. The average molecular weight is 401 g/mol. The number of aryl methyl sites for hydroxylation is 2. The van der Waals surface area contributed by atoms with E-state index in [0.29, 0.717) is 6.04 Å². The van der Waals surface area contributed by atoms with Gasteiger partial charge in [-0.15, -0.1) is 0 Å². The third-order valence-corrected chi connectivity index (χ3v) is 4.89. The highest BCUT2D eigenvalue weighted by Crippen LogP contribution is 2.23. The normalized spacial score (nSPS) is 12.7.